The second-order valence-corrected chi connectivity index (χ2v) is 5.97. The third-order valence-corrected chi connectivity index (χ3v) is 3.75. The molecule has 4 heteroatoms. The van der Waals surface area contributed by atoms with E-state index in [4.69, 9.17) is 0 Å². The summed E-state index contributed by atoms with van der Waals surface area (Å²) < 4.78 is 4.68. The molecule has 0 amide bonds. The molecule has 0 unspecified atom stereocenters. The highest BCUT2D eigenvalue weighted by atomic mass is 16.5. The molecule has 4 nitrogen and oxygen atoms in total. The first-order chi connectivity index (χ1) is 11.9. The molecule has 130 valence electrons. The second kappa shape index (κ2) is 8.20. The van der Waals surface area contributed by atoms with Crippen LogP contribution in [0.15, 0.2) is 48.0 Å². The minimum absolute atomic E-state index is 0.0131. The number of carbonyl (C=O) groups is 1. The molecule has 25 heavy (non-hydrogen) atoms. The van der Waals surface area contributed by atoms with Crippen LogP contribution in [0.2, 0.25) is 0 Å². The van der Waals surface area contributed by atoms with Gasteiger partial charge in [0.2, 0.25) is 0 Å². The van der Waals surface area contributed by atoms with Crippen LogP contribution < -0.4 is 0 Å². The van der Waals surface area contributed by atoms with Crippen LogP contribution in [0, 0.1) is 0 Å². The van der Waals surface area contributed by atoms with Crippen molar-refractivity contribution in [2.75, 3.05) is 7.11 Å². The van der Waals surface area contributed by atoms with E-state index in [-0.39, 0.29) is 17.5 Å². The number of aromatic hydroxyl groups is 2. The molecular formula is C21H22O4. The van der Waals surface area contributed by atoms with E-state index in [9.17, 15) is 15.0 Å². The van der Waals surface area contributed by atoms with Gasteiger partial charge in [-0.15, -0.1) is 0 Å². The van der Waals surface area contributed by atoms with Gasteiger partial charge < -0.3 is 14.9 Å². The lowest BCUT2D eigenvalue weighted by Gasteiger charge is -2.08. The van der Waals surface area contributed by atoms with Gasteiger partial charge in [0.25, 0.3) is 0 Å². The number of rotatable bonds is 5. The Hall–Kier alpha value is -3.01. The molecule has 0 bridgehead atoms. The Morgan fingerprint density at radius 1 is 1.08 bits per heavy atom. The van der Waals surface area contributed by atoms with E-state index in [1.807, 2.05) is 32.1 Å². The molecule has 0 heterocycles. The second-order valence-electron chi connectivity index (χ2n) is 5.97. The summed E-state index contributed by atoms with van der Waals surface area (Å²) in [6.07, 6.45) is 6.30. The standard InChI is InChI=1S/C21H22O4/c1-14(2)4-11-19-17(12-18(22)13-20(19)23)10-7-15-5-8-16(9-6-15)21(24)25-3/h4-10,12-13,22-23H,11H2,1-3H3/b10-7+. The zero-order chi connectivity index (χ0) is 18.4. The number of ether oxygens (including phenoxy) is 1. The van der Waals surface area contributed by atoms with Gasteiger partial charge in [-0.25, -0.2) is 4.79 Å². The Morgan fingerprint density at radius 3 is 2.36 bits per heavy atom. The van der Waals surface area contributed by atoms with Crippen molar-refractivity contribution in [2.45, 2.75) is 20.3 Å². The average molecular weight is 338 g/mol. The Kier molecular flexibility index (Phi) is 6.01. The number of carbonyl (C=O) groups excluding carboxylic acids is 1. The molecule has 0 aliphatic heterocycles. The van der Waals surface area contributed by atoms with Gasteiger partial charge >= 0.3 is 5.97 Å². The van der Waals surface area contributed by atoms with Crippen LogP contribution >= 0.6 is 0 Å². The molecule has 2 N–H and O–H groups in total. The summed E-state index contributed by atoms with van der Waals surface area (Å²) in [7, 11) is 1.35. The average Bonchev–Trinajstić information content (AvgIpc) is 2.58. The Labute approximate surface area is 147 Å². The summed E-state index contributed by atoms with van der Waals surface area (Å²) in [6.45, 7) is 3.99. The lowest BCUT2D eigenvalue weighted by atomic mass is 10.00. The van der Waals surface area contributed by atoms with Crippen LogP contribution in [0.4, 0.5) is 0 Å². The van der Waals surface area contributed by atoms with Crippen molar-refractivity contribution in [3.05, 3.63) is 70.3 Å². The zero-order valence-corrected chi connectivity index (χ0v) is 14.6. The molecule has 0 saturated carbocycles. The molecular weight excluding hydrogens is 316 g/mol. The van der Waals surface area contributed by atoms with E-state index in [0.717, 1.165) is 22.3 Å². The summed E-state index contributed by atoms with van der Waals surface area (Å²) >= 11 is 0. The topological polar surface area (TPSA) is 66.8 Å². The van der Waals surface area contributed by atoms with Crippen LogP contribution in [0.5, 0.6) is 11.5 Å². The van der Waals surface area contributed by atoms with Crippen molar-refractivity contribution >= 4 is 18.1 Å². The maximum Gasteiger partial charge on any atom is 0.337 e. The smallest absolute Gasteiger partial charge is 0.337 e. The number of esters is 1. The van der Waals surface area contributed by atoms with E-state index in [1.165, 1.54) is 13.2 Å². The molecule has 0 aliphatic rings. The first-order valence-electron chi connectivity index (χ1n) is 7.95. The predicted molar refractivity (Wildman–Crippen MR) is 99.6 cm³/mol. The lowest BCUT2D eigenvalue weighted by Crippen LogP contribution is -2.00. The maximum atomic E-state index is 11.4. The third kappa shape index (κ3) is 4.98. The van der Waals surface area contributed by atoms with Gasteiger partial charge in [-0.05, 0) is 49.6 Å². The molecule has 0 spiro atoms. The number of phenols is 2. The van der Waals surface area contributed by atoms with Gasteiger partial charge in [0.15, 0.2) is 0 Å². The fraction of sp³-hybridized carbons (Fsp3) is 0.190. The monoisotopic (exact) mass is 338 g/mol. The molecule has 0 atom stereocenters. The molecule has 2 rings (SSSR count). The van der Waals surface area contributed by atoms with Gasteiger partial charge in [0.05, 0.1) is 12.7 Å². The lowest BCUT2D eigenvalue weighted by molar-refractivity contribution is 0.0600. The van der Waals surface area contributed by atoms with E-state index >= 15 is 0 Å². The van der Waals surface area contributed by atoms with Crippen molar-refractivity contribution in [2.24, 2.45) is 0 Å². The fourth-order valence-corrected chi connectivity index (χ4v) is 2.37. The molecule has 2 aromatic carbocycles. The van der Waals surface area contributed by atoms with Crippen molar-refractivity contribution in [1.29, 1.82) is 0 Å². The molecule has 0 saturated heterocycles. The molecule has 0 fully saturated rings. The highest BCUT2D eigenvalue weighted by Gasteiger charge is 2.08. The number of hydrogen-bond donors (Lipinski definition) is 2. The van der Waals surface area contributed by atoms with Crippen LogP contribution in [-0.4, -0.2) is 23.3 Å². The molecule has 2 aromatic rings. The Morgan fingerprint density at radius 2 is 1.76 bits per heavy atom. The third-order valence-electron chi connectivity index (χ3n) is 3.75. The molecule has 0 aliphatic carbocycles. The van der Waals surface area contributed by atoms with Crippen molar-refractivity contribution in [3.8, 4) is 11.5 Å². The largest absolute Gasteiger partial charge is 0.508 e. The first kappa shape index (κ1) is 18.3. The quantitative estimate of drug-likeness (QED) is 0.476. The van der Waals surface area contributed by atoms with Gasteiger partial charge in [-0.1, -0.05) is 35.9 Å². The minimum atomic E-state index is -0.377. The van der Waals surface area contributed by atoms with Crippen molar-refractivity contribution < 1.29 is 19.7 Å². The number of methoxy groups -OCH3 is 1. The van der Waals surface area contributed by atoms with E-state index < -0.39 is 0 Å². The Balaban J connectivity index is 2.30. The highest BCUT2D eigenvalue weighted by molar-refractivity contribution is 5.89. The Bertz CT molecular complexity index is 811. The normalized spacial score (nSPS) is 10.7. The predicted octanol–water partition coefficient (Wildman–Crippen LogP) is 4.56. The van der Waals surface area contributed by atoms with Crippen LogP contribution in [0.3, 0.4) is 0 Å². The van der Waals surface area contributed by atoms with E-state index in [2.05, 4.69) is 4.74 Å². The summed E-state index contributed by atoms with van der Waals surface area (Å²) in [6, 6.07) is 9.96. The highest BCUT2D eigenvalue weighted by Crippen LogP contribution is 2.29. The van der Waals surface area contributed by atoms with Crippen LogP contribution in [0.1, 0.15) is 40.9 Å². The number of allylic oxidation sites excluding steroid dienone is 2. The number of phenolic OH excluding ortho intramolecular Hbond substituents is 2. The van der Waals surface area contributed by atoms with Gasteiger partial charge in [-0.2, -0.15) is 0 Å². The van der Waals surface area contributed by atoms with E-state index in [0.29, 0.717) is 12.0 Å². The molecule has 0 radical (unpaired) electrons. The fourth-order valence-electron chi connectivity index (χ4n) is 2.37. The van der Waals surface area contributed by atoms with E-state index in [1.54, 1.807) is 30.3 Å². The minimum Gasteiger partial charge on any atom is -0.508 e. The SMILES string of the molecule is COC(=O)c1ccc(/C=C/c2cc(O)cc(O)c2CC=C(C)C)cc1. The van der Waals surface area contributed by atoms with Crippen molar-refractivity contribution in [1.82, 2.24) is 0 Å². The molecule has 0 aromatic heterocycles. The summed E-state index contributed by atoms with van der Waals surface area (Å²) in [5, 5.41) is 19.9. The summed E-state index contributed by atoms with van der Waals surface area (Å²) in [5.41, 5.74) is 4.02. The van der Waals surface area contributed by atoms with Gasteiger partial charge in [0.1, 0.15) is 11.5 Å². The van der Waals surface area contributed by atoms with Gasteiger partial charge in [0, 0.05) is 11.6 Å². The first-order valence-corrected chi connectivity index (χ1v) is 7.95. The number of hydrogen-bond acceptors (Lipinski definition) is 4. The maximum absolute atomic E-state index is 11.4. The van der Waals surface area contributed by atoms with Crippen LogP contribution in [-0.2, 0) is 11.2 Å². The summed E-state index contributed by atoms with van der Waals surface area (Å²) in [5.74, 6) is -0.297. The van der Waals surface area contributed by atoms with Crippen molar-refractivity contribution in [3.63, 3.8) is 0 Å². The zero-order valence-electron chi connectivity index (χ0n) is 14.6. The van der Waals surface area contributed by atoms with Gasteiger partial charge in [-0.3, -0.25) is 0 Å². The summed E-state index contributed by atoms with van der Waals surface area (Å²) in [4.78, 5) is 11.4. The number of benzene rings is 2. The van der Waals surface area contributed by atoms with Crippen LogP contribution in [0.25, 0.3) is 12.2 Å².